The third-order valence-corrected chi connectivity index (χ3v) is 6.31. The minimum Gasteiger partial charge on any atom is -0.490 e. The molecule has 0 aliphatic carbocycles. The number of hydrogen-bond acceptors (Lipinski definition) is 6. The van der Waals surface area contributed by atoms with Gasteiger partial charge in [-0.2, -0.15) is 0 Å². The SMILES string of the molecule is C=CCOc1c(Br)cc(/C=C2/SC(=O)N(CC(=O)Nc3cc(C)ccc3C)C2=O)cc1OCC. The first-order valence-corrected chi connectivity index (χ1v) is 12.2. The second kappa shape index (κ2) is 11.4. The van der Waals surface area contributed by atoms with Gasteiger partial charge in [0, 0.05) is 5.69 Å². The zero-order valence-corrected chi connectivity index (χ0v) is 21.5. The van der Waals surface area contributed by atoms with Gasteiger partial charge in [0.15, 0.2) is 11.5 Å². The molecule has 1 heterocycles. The molecule has 0 aromatic heterocycles. The summed E-state index contributed by atoms with van der Waals surface area (Å²) in [4.78, 5) is 39.1. The van der Waals surface area contributed by atoms with Crippen LogP contribution in [0.15, 0.2) is 52.4 Å². The summed E-state index contributed by atoms with van der Waals surface area (Å²) in [6.07, 6.45) is 3.22. The van der Waals surface area contributed by atoms with Crippen molar-refractivity contribution in [1.29, 1.82) is 0 Å². The van der Waals surface area contributed by atoms with Gasteiger partial charge in [-0.05, 0) is 89.4 Å². The van der Waals surface area contributed by atoms with E-state index in [-0.39, 0.29) is 11.4 Å². The lowest BCUT2D eigenvalue weighted by Crippen LogP contribution is -2.36. The van der Waals surface area contributed by atoms with Gasteiger partial charge in [-0.1, -0.05) is 24.8 Å². The molecule has 0 spiro atoms. The molecule has 0 saturated carbocycles. The van der Waals surface area contributed by atoms with E-state index in [9.17, 15) is 14.4 Å². The zero-order valence-electron chi connectivity index (χ0n) is 19.1. The van der Waals surface area contributed by atoms with Crippen LogP contribution in [0.2, 0.25) is 0 Å². The number of ether oxygens (including phenoxy) is 2. The second-order valence-corrected chi connectivity index (χ2v) is 9.34. The molecule has 1 aliphatic heterocycles. The Balaban J connectivity index is 1.78. The van der Waals surface area contributed by atoms with Crippen molar-refractivity contribution in [2.45, 2.75) is 20.8 Å². The zero-order chi connectivity index (χ0) is 24.8. The average Bonchev–Trinajstić information content (AvgIpc) is 3.03. The first-order chi connectivity index (χ1) is 16.2. The van der Waals surface area contributed by atoms with Crippen LogP contribution in [0.1, 0.15) is 23.6 Å². The molecule has 0 atom stereocenters. The van der Waals surface area contributed by atoms with Crippen LogP contribution in [0.25, 0.3) is 6.08 Å². The third kappa shape index (κ3) is 6.09. The van der Waals surface area contributed by atoms with E-state index in [0.29, 0.717) is 40.4 Å². The molecule has 9 heteroatoms. The number of nitrogens with zero attached hydrogens (tertiary/aromatic N) is 1. The van der Waals surface area contributed by atoms with Gasteiger partial charge >= 0.3 is 0 Å². The van der Waals surface area contributed by atoms with E-state index < -0.39 is 17.1 Å². The highest BCUT2D eigenvalue weighted by molar-refractivity contribution is 9.10. The number of benzene rings is 2. The lowest BCUT2D eigenvalue weighted by Gasteiger charge is -2.14. The monoisotopic (exact) mass is 544 g/mol. The molecule has 3 amide bonds. The fourth-order valence-corrected chi connectivity index (χ4v) is 4.62. The van der Waals surface area contributed by atoms with Gasteiger partial charge in [0.25, 0.3) is 11.1 Å². The Bertz CT molecular complexity index is 1180. The van der Waals surface area contributed by atoms with Gasteiger partial charge in [-0.3, -0.25) is 19.3 Å². The maximum absolute atomic E-state index is 12.9. The summed E-state index contributed by atoms with van der Waals surface area (Å²) >= 11 is 4.26. The van der Waals surface area contributed by atoms with Crippen molar-refractivity contribution in [1.82, 2.24) is 4.90 Å². The van der Waals surface area contributed by atoms with E-state index in [1.807, 2.05) is 39.0 Å². The third-order valence-electron chi connectivity index (χ3n) is 4.82. The Morgan fingerprint density at radius 1 is 1.21 bits per heavy atom. The normalized spacial score (nSPS) is 14.5. The fraction of sp³-hybridized carbons (Fsp3) is 0.240. The summed E-state index contributed by atoms with van der Waals surface area (Å²) in [7, 11) is 0. The molecule has 178 valence electrons. The van der Waals surface area contributed by atoms with Crippen LogP contribution < -0.4 is 14.8 Å². The maximum atomic E-state index is 12.9. The van der Waals surface area contributed by atoms with Gasteiger partial charge < -0.3 is 14.8 Å². The van der Waals surface area contributed by atoms with Crippen LogP contribution in [-0.2, 0) is 9.59 Å². The standard InChI is InChI=1S/C25H25BrN2O5S/c1-5-9-33-23-18(26)11-17(12-20(23)32-6-2)13-21-24(30)28(25(31)34-21)14-22(29)27-19-10-15(3)7-8-16(19)4/h5,7-8,10-13H,1,6,9,14H2,2-4H3,(H,27,29)/b21-13+. The number of thioether (sulfide) groups is 1. The molecular formula is C25H25BrN2O5S. The number of anilines is 1. The molecule has 2 aromatic rings. The first kappa shape index (κ1) is 25.6. The van der Waals surface area contributed by atoms with Crippen molar-refractivity contribution in [3.8, 4) is 11.5 Å². The first-order valence-electron chi connectivity index (χ1n) is 10.6. The maximum Gasteiger partial charge on any atom is 0.294 e. The summed E-state index contributed by atoms with van der Waals surface area (Å²) in [5.41, 5.74) is 3.18. The molecule has 0 bridgehead atoms. The summed E-state index contributed by atoms with van der Waals surface area (Å²) in [6.45, 7) is 9.66. The number of hydrogen-bond donors (Lipinski definition) is 1. The molecule has 1 N–H and O–H groups in total. The summed E-state index contributed by atoms with van der Waals surface area (Å²) in [5.74, 6) is 0.0572. The highest BCUT2D eigenvalue weighted by atomic mass is 79.9. The minimum atomic E-state index is -0.521. The van der Waals surface area contributed by atoms with Crippen LogP contribution in [0.3, 0.4) is 0 Å². The predicted octanol–water partition coefficient (Wildman–Crippen LogP) is 5.70. The largest absolute Gasteiger partial charge is 0.490 e. The quantitative estimate of drug-likeness (QED) is 0.321. The smallest absolute Gasteiger partial charge is 0.294 e. The number of carbonyl (C=O) groups excluding carboxylic acids is 3. The van der Waals surface area contributed by atoms with Gasteiger partial charge in [-0.25, -0.2) is 0 Å². The van der Waals surface area contributed by atoms with Gasteiger partial charge in [-0.15, -0.1) is 0 Å². The Morgan fingerprint density at radius 2 is 1.97 bits per heavy atom. The van der Waals surface area contributed by atoms with Gasteiger partial charge in [0.2, 0.25) is 5.91 Å². The topological polar surface area (TPSA) is 84.9 Å². The highest BCUT2D eigenvalue weighted by Crippen LogP contribution is 2.39. The second-order valence-electron chi connectivity index (χ2n) is 7.50. The van der Waals surface area contributed by atoms with Crippen molar-refractivity contribution in [3.05, 3.63) is 69.1 Å². The van der Waals surface area contributed by atoms with E-state index in [4.69, 9.17) is 9.47 Å². The van der Waals surface area contributed by atoms with Crippen molar-refractivity contribution in [3.63, 3.8) is 0 Å². The molecule has 1 fully saturated rings. The van der Waals surface area contributed by atoms with Gasteiger partial charge in [0.1, 0.15) is 13.2 Å². The molecule has 7 nitrogen and oxygen atoms in total. The number of rotatable bonds is 9. The van der Waals surface area contributed by atoms with Crippen molar-refractivity contribution >= 4 is 56.5 Å². The Kier molecular flexibility index (Phi) is 8.57. The van der Waals surface area contributed by atoms with Crippen molar-refractivity contribution in [2.75, 3.05) is 25.1 Å². The molecule has 2 aromatic carbocycles. The summed E-state index contributed by atoms with van der Waals surface area (Å²) in [5, 5.41) is 2.28. The van der Waals surface area contributed by atoms with E-state index in [1.54, 1.807) is 24.3 Å². The van der Waals surface area contributed by atoms with E-state index in [1.165, 1.54) is 0 Å². The van der Waals surface area contributed by atoms with Crippen molar-refractivity contribution < 1.29 is 23.9 Å². The average molecular weight is 545 g/mol. The summed E-state index contributed by atoms with van der Waals surface area (Å²) in [6, 6.07) is 9.18. The molecular weight excluding hydrogens is 520 g/mol. The van der Waals surface area contributed by atoms with Crippen LogP contribution in [0.4, 0.5) is 10.5 Å². The lowest BCUT2D eigenvalue weighted by atomic mass is 10.1. The molecule has 0 radical (unpaired) electrons. The van der Waals surface area contributed by atoms with Crippen LogP contribution in [-0.4, -0.2) is 41.7 Å². The Morgan fingerprint density at radius 3 is 2.68 bits per heavy atom. The highest BCUT2D eigenvalue weighted by Gasteiger charge is 2.36. The Labute approximate surface area is 211 Å². The van der Waals surface area contributed by atoms with E-state index >= 15 is 0 Å². The van der Waals surface area contributed by atoms with Gasteiger partial charge in [0.05, 0.1) is 16.0 Å². The minimum absolute atomic E-state index is 0.221. The molecule has 3 rings (SSSR count). The number of carbonyl (C=O) groups is 3. The molecule has 1 aliphatic rings. The Hall–Kier alpha value is -3.04. The lowest BCUT2D eigenvalue weighted by molar-refractivity contribution is -0.127. The van der Waals surface area contributed by atoms with Crippen LogP contribution >= 0.6 is 27.7 Å². The fourth-order valence-electron chi connectivity index (χ4n) is 3.21. The number of halogens is 1. The number of amides is 3. The van der Waals surface area contributed by atoms with Crippen LogP contribution in [0, 0.1) is 13.8 Å². The van der Waals surface area contributed by atoms with Crippen molar-refractivity contribution in [2.24, 2.45) is 0 Å². The van der Waals surface area contributed by atoms with Crippen LogP contribution in [0.5, 0.6) is 11.5 Å². The number of nitrogens with one attached hydrogen (secondary N) is 1. The predicted molar refractivity (Wildman–Crippen MR) is 138 cm³/mol. The molecule has 0 unspecified atom stereocenters. The van der Waals surface area contributed by atoms with E-state index in [0.717, 1.165) is 27.8 Å². The molecule has 34 heavy (non-hydrogen) atoms. The summed E-state index contributed by atoms with van der Waals surface area (Å²) < 4.78 is 12.0. The molecule has 1 saturated heterocycles. The number of aryl methyl sites for hydroxylation is 2. The number of imide groups is 1. The van der Waals surface area contributed by atoms with E-state index in [2.05, 4.69) is 27.8 Å².